The van der Waals surface area contributed by atoms with Gasteiger partial charge < -0.3 is 20.2 Å². The molecule has 8 nitrogen and oxygen atoms in total. The Labute approximate surface area is 169 Å². The van der Waals surface area contributed by atoms with Crippen LogP contribution in [0.3, 0.4) is 0 Å². The van der Waals surface area contributed by atoms with Gasteiger partial charge in [0.15, 0.2) is 0 Å². The van der Waals surface area contributed by atoms with Gasteiger partial charge in [0.05, 0.1) is 0 Å². The van der Waals surface area contributed by atoms with E-state index in [0.717, 1.165) is 4.47 Å². The van der Waals surface area contributed by atoms with Gasteiger partial charge in [0.1, 0.15) is 22.9 Å². The molecule has 0 saturated carbocycles. The summed E-state index contributed by atoms with van der Waals surface area (Å²) in [7, 11) is 0. The lowest BCUT2D eigenvalue weighted by Crippen LogP contribution is -2.45. The van der Waals surface area contributed by atoms with Crippen molar-refractivity contribution in [2.75, 3.05) is 11.9 Å². The van der Waals surface area contributed by atoms with Gasteiger partial charge in [0.25, 0.3) is 11.8 Å². The molecule has 9 heteroatoms. The Morgan fingerprint density at radius 1 is 1.32 bits per heavy atom. The minimum Gasteiger partial charge on any atom is -0.449 e. The molecule has 1 aliphatic heterocycles. The maximum Gasteiger partial charge on any atom is 0.411 e. The van der Waals surface area contributed by atoms with Crippen LogP contribution in [0.1, 0.15) is 31.3 Å². The number of hydrogen-bond donors (Lipinski definition) is 2. The third-order valence-electron chi connectivity index (χ3n) is 3.97. The van der Waals surface area contributed by atoms with Crippen molar-refractivity contribution in [2.24, 2.45) is 5.73 Å². The number of furan rings is 1. The number of primary amides is 1. The number of rotatable bonds is 3. The molecule has 28 heavy (non-hydrogen) atoms. The predicted octanol–water partition coefficient (Wildman–Crippen LogP) is 3.41. The van der Waals surface area contributed by atoms with Crippen LogP contribution in [-0.4, -0.2) is 41.0 Å². The number of fused-ring (bicyclic) bond motifs is 1. The van der Waals surface area contributed by atoms with Crippen LogP contribution < -0.4 is 11.1 Å². The molecule has 1 aromatic heterocycles. The number of nitrogens with zero attached hydrogens (tertiary/aromatic N) is 1. The molecule has 0 aliphatic carbocycles. The van der Waals surface area contributed by atoms with Gasteiger partial charge in [-0.2, -0.15) is 0 Å². The Kier molecular flexibility index (Phi) is 5.20. The third kappa shape index (κ3) is 4.04. The first-order valence-corrected chi connectivity index (χ1v) is 9.35. The Bertz CT molecular complexity index is 989. The van der Waals surface area contributed by atoms with Crippen LogP contribution in [0.5, 0.6) is 0 Å². The summed E-state index contributed by atoms with van der Waals surface area (Å²) < 4.78 is 11.6. The lowest BCUT2D eigenvalue weighted by atomic mass is 10.2. The maximum absolute atomic E-state index is 12.9. The van der Waals surface area contributed by atoms with Crippen molar-refractivity contribution in [3.8, 4) is 0 Å². The molecule has 1 aliphatic rings. The molecule has 0 saturated heterocycles. The average Bonchev–Trinajstić information content (AvgIpc) is 3.18. The molecule has 1 aromatic carbocycles. The van der Waals surface area contributed by atoms with E-state index in [-0.39, 0.29) is 18.0 Å². The predicted molar refractivity (Wildman–Crippen MR) is 107 cm³/mol. The van der Waals surface area contributed by atoms with E-state index in [0.29, 0.717) is 11.0 Å². The van der Waals surface area contributed by atoms with Gasteiger partial charge in [-0.3, -0.25) is 14.5 Å². The van der Waals surface area contributed by atoms with Crippen molar-refractivity contribution < 1.29 is 23.5 Å². The molecule has 3 N–H and O–H groups in total. The molecule has 3 rings (SSSR count). The molecule has 0 bridgehead atoms. The molecule has 1 unspecified atom stereocenters. The first kappa shape index (κ1) is 19.9. The summed E-state index contributed by atoms with van der Waals surface area (Å²) in [5.74, 6) is -1.48. The van der Waals surface area contributed by atoms with Crippen LogP contribution in [0.25, 0.3) is 11.0 Å². The zero-order valence-electron chi connectivity index (χ0n) is 15.6. The second kappa shape index (κ2) is 7.31. The van der Waals surface area contributed by atoms with Gasteiger partial charge in [-0.1, -0.05) is 28.1 Å². The van der Waals surface area contributed by atoms with E-state index in [1.54, 1.807) is 51.1 Å². The van der Waals surface area contributed by atoms with E-state index in [4.69, 9.17) is 14.9 Å². The lowest BCUT2D eigenvalue weighted by molar-refractivity contribution is -0.119. The zero-order valence-corrected chi connectivity index (χ0v) is 17.2. The normalized spacial score (nSPS) is 16.4. The number of halogens is 1. The summed E-state index contributed by atoms with van der Waals surface area (Å²) in [4.78, 5) is 38.3. The summed E-state index contributed by atoms with van der Waals surface area (Å²) in [5, 5.41) is 3.19. The van der Waals surface area contributed by atoms with Crippen LogP contribution in [-0.2, 0) is 9.53 Å². The zero-order chi connectivity index (χ0) is 20.6. The van der Waals surface area contributed by atoms with E-state index in [9.17, 15) is 14.4 Å². The van der Waals surface area contributed by atoms with E-state index < -0.39 is 29.6 Å². The standard InChI is InChI=1S/C19H20BrN3O5/c1-19(2,3)28-18(26)23-8-4-5-12(23)17(25)22-14-11-9-10(20)6-7-13(11)27-15(14)16(21)24/h4-7,9,12H,8H2,1-3H3,(H2,21,24)(H,22,25). The van der Waals surface area contributed by atoms with Gasteiger partial charge in [0, 0.05) is 16.4 Å². The fourth-order valence-electron chi connectivity index (χ4n) is 2.82. The highest BCUT2D eigenvalue weighted by Gasteiger charge is 2.34. The van der Waals surface area contributed by atoms with Gasteiger partial charge in [-0.15, -0.1) is 0 Å². The second-order valence-electron chi connectivity index (χ2n) is 7.31. The average molecular weight is 450 g/mol. The van der Waals surface area contributed by atoms with Gasteiger partial charge in [0.2, 0.25) is 5.76 Å². The number of ether oxygens (including phenoxy) is 1. The van der Waals surface area contributed by atoms with Crippen LogP contribution in [0.4, 0.5) is 10.5 Å². The summed E-state index contributed by atoms with van der Waals surface area (Å²) in [5.41, 5.74) is 5.27. The molecule has 3 amide bonds. The summed E-state index contributed by atoms with van der Waals surface area (Å²) >= 11 is 3.35. The molecule has 2 aromatic rings. The number of benzene rings is 1. The molecule has 0 spiro atoms. The van der Waals surface area contributed by atoms with Crippen molar-refractivity contribution in [1.82, 2.24) is 4.90 Å². The monoisotopic (exact) mass is 449 g/mol. The molecule has 0 radical (unpaired) electrons. The summed E-state index contributed by atoms with van der Waals surface area (Å²) in [6, 6.07) is 4.22. The van der Waals surface area contributed by atoms with E-state index in [1.807, 2.05) is 0 Å². The number of hydrogen-bond acceptors (Lipinski definition) is 5. The quantitative estimate of drug-likeness (QED) is 0.696. The van der Waals surface area contributed by atoms with Crippen LogP contribution >= 0.6 is 15.9 Å². The number of amides is 3. The van der Waals surface area contributed by atoms with Crippen molar-refractivity contribution in [3.63, 3.8) is 0 Å². The van der Waals surface area contributed by atoms with Crippen molar-refractivity contribution in [1.29, 1.82) is 0 Å². The number of nitrogens with one attached hydrogen (secondary N) is 1. The van der Waals surface area contributed by atoms with Crippen LogP contribution in [0, 0.1) is 0 Å². The fourth-order valence-corrected chi connectivity index (χ4v) is 3.18. The molecule has 148 valence electrons. The first-order valence-electron chi connectivity index (χ1n) is 8.56. The Balaban J connectivity index is 1.89. The Morgan fingerprint density at radius 2 is 2.04 bits per heavy atom. The number of anilines is 1. The highest BCUT2D eigenvalue weighted by atomic mass is 79.9. The number of carbonyl (C=O) groups excluding carboxylic acids is 3. The molecule has 0 fully saturated rings. The maximum atomic E-state index is 12.9. The molecule has 1 atom stereocenters. The molecular weight excluding hydrogens is 430 g/mol. The van der Waals surface area contributed by atoms with E-state index in [2.05, 4.69) is 21.2 Å². The Hall–Kier alpha value is -2.81. The highest BCUT2D eigenvalue weighted by molar-refractivity contribution is 9.10. The van der Waals surface area contributed by atoms with Crippen molar-refractivity contribution in [3.05, 3.63) is 40.6 Å². The van der Waals surface area contributed by atoms with Gasteiger partial charge in [-0.05, 0) is 39.0 Å². The number of carbonyl (C=O) groups is 3. The number of nitrogens with two attached hydrogens (primary N) is 1. The molecular formula is C19H20BrN3O5. The minimum absolute atomic E-state index is 0.160. The fraction of sp³-hybridized carbons (Fsp3) is 0.316. The van der Waals surface area contributed by atoms with Crippen LogP contribution in [0.15, 0.2) is 39.2 Å². The van der Waals surface area contributed by atoms with Gasteiger partial charge in [-0.25, -0.2) is 4.79 Å². The van der Waals surface area contributed by atoms with Gasteiger partial charge >= 0.3 is 6.09 Å². The second-order valence-corrected chi connectivity index (χ2v) is 8.22. The highest BCUT2D eigenvalue weighted by Crippen LogP contribution is 2.33. The minimum atomic E-state index is -0.882. The largest absolute Gasteiger partial charge is 0.449 e. The van der Waals surface area contributed by atoms with Crippen molar-refractivity contribution >= 4 is 50.5 Å². The SMILES string of the molecule is CC(C)(C)OC(=O)N1CC=CC1C(=O)Nc1c(C(N)=O)oc2ccc(Br)cc12. The first-order chi connectivity index (χ1) is 13.1. The summed E-state index contributed by atoms with van der Waals surface area (Å²) in [6.07, 6.45) is 2.70. The van der Waals surface area contributed by atoms with Crippen LogP contribution in [0.2, 0.25) is 0 Å². The Morgan fingerprint density at radius 3 is 2.68 bits per heavy atom. The topological polar surface area (TPSA) is 115 Å². The van der Waals surface area contributed by atoms with E-state index >= 15 is 0 Å². The van der Waals surface area contributed by atoms with Crippen molar-refractivity contribution in [2.45, 2.75) is 32.4 Å². The third-order valence-corrected chi connectivity index (χ3v) is 4.47. The smallest absolute Gasteiger partial charge is 0.411 e. The lowest BCUT2D eigenvalue weighted by Gasteiger charge is -2.27. The molecule has 2 heterocycles. The van der Waals surface area contributed by atoms with E-state index in [1.165, 1.54) is 4.90 Å². The summed E-state index contributed by atoms with van der Waals surface area (Å²) in [6.45, 7) is 5.49.